The normalized spacial score (nSPS) is 20.0. The summed E-state index contributed by atoms with van der Waals surface area (Å²) >= 11 is 0. The number of anilines is 1. The molecule has 1 unspecified atom stereocenters. The summed E-state index contributed by atoms with van der Waals surface area (Å²) in [6, 6.07) is 13.7. The Balaban J connectivity index is 1.16. The molecule has 2 aliphatic rings. The highest BCUT2D eigenvalue weighted by Crippen LogP contribution is 2.26. The summed E-state index contributed by atoms with van der Waals surface area (Å²) in [5, 5.41) is 0. The minimum absolute atomic E-state index is 0.0750. The number of amides is 1. The monoisotopic (exact) mass is 428 g/mol. The second-order valence-corrected chi connectivity index (χ2v) is 8.07. The highest BCUT2D eigenvalue weighted by atomic mass is 19.1. The molecule has 0 aliphatic carbocycles. The van der Waals surface area contributed by atoms with E-state index in [9.17, 15) is 9.18 Å². The molecular formula is C24H29FN2O4. The number of cyclic esters (lactones) is 1. The fourth-order valence-electron chi connectivity index (χ4n) is 4.14. The molecule has 31 heavy (non-hydrogen) atoms. The molecule has 2 aliphatic heterocycles. The largest absolute Gasteiger partial charge is 0.497 e. The van der Waals surface area contributed by atoms with E-state index in [1.165, 1.54) is 12.1 Å². The molecule has 0 N–H and O–H groups in total. The second kappa shape index (κ2) is 10.0. The van der Waals surface area contributed by atoms with Crippen LogP contribution in [0.4, 0.5) is 14.9 Å². The molecule has 0 radical (unpaired) electrons. The van der Waals surface area contributed by atoms with E-state index in [2.05, 4.69) is 4.90 Å². The number of nitrogens with zero attached hydrogens (tertiary/aromatic N) is 2. The number of halogens is 1. The third kappa shape index (κ3) is 5.67. The van der Waals surface area contributed by atoms with Crippen molar-refractivity contribution in [3.8, 4) is 11.5 Å². The highest BCUT2D eigenvalue weighted by Gasteiger charge is 2.32. The summed E-state index contributed by atoms with van der Waals surface area (Å²) in [5.74, 6) is 1.24. The maximum absolute atomic E-state index is 13.0. The number of ether oxygens (including phenoxy) is 3. The average molecular weight is 429 g/mol. The first-order valence-electron chi connectivity index (χ1n) is 10.9. The van der Waals surface area contributed by atoms with Crippen LogP contribution in [0, 0.1) is 5.82 Å². The lowest BCUT2D eigenvalue weighted by molar-refractivity contribution is 0.0944. The molecule has 6 nitrogen and oxygen atoms in total. The molecule has 0 saturated carbocycles. The number of hydrogen-bond donors (Lipinski definition) is 0. The van der Waals surface area contributed by atoms with Gasteiger partial charge in [-0.25, -0.2) is 9.18 Å². The molecule has 0 bridgehead atoms. The number of methoxy groups -OCH3 is 1. The van der Waals surface area contributed by atoms with Gasteiger partial charge >= 0.3 is 6.09 Å². The summed E-state index contributed by atoms with van der Waals surface area (Å²) in [5.41, 5.74) is 0.830. The maximum atomic E-state index is 13.0. The third-order valence-electron chi connectivity index (χ3n) is 5.91. The minimum atomic E-state index is -0.283. The smallest absolute Gasteiger partial charge is 0.414 e. The van der Waals surface area contributed by atoms with Crippen LogP contribution >= 0.6 is 0 Å². The van der Waals surface area contributed by atoms with E-state index in [0.717, 1.165) is 62.5 Å². The van der Waals surface area contributed by atoms with Gasteiger partial charge in [-0.15, -0.1) is 0 Å². The van der Waals surface area contributed by atoms with Crippen molar-refractivity contribution >= 4 is 11.8 Å². The summed E-state index contributed by atoms with van der Waals surface area (Å²) in [7, 11) is 1.62. The second-order valence-electron chi connectivity index (χ2n) is 8.07. The van der Waals surface area contributed by atoms with Crippen molar-refractivity contribution in [2.24, 2.45) is 0 Å². The van der Waals surface area contributed by atoms with E-state index in [1.54, 1.807) is 24.1 Å². The fraction of sp³-hybridized carbons (Fsp3) is 0.458. The van der Waals surface area contributed by atoms with Gasteiger partial charge in [-0.2, -0.15) is 0 Å². The number of carbonyl (C=O) groups excluding carboxylic acids is 1. The van der Waals surface area contributed by atoms with Crippen molar-refractivity contribution in [1.29, 1.82) is 0 Å². The molecule has 1 atom stereocenters. The first-order chi connectivity index (χ1) is 15.1. The Kier molecular flexibility index (Phi) is 6.92. The third-order valence-corrected chi connectivity index (χ3v) is 5.91. The Labute approximate surface area is 182 Å². The first kappa shape index (κ1) is 21.4. The van der Waals surface area contributed by atoms with Crippen LogP contribution in [0.25, 0.3) is 0 Å². The number of hydrogen-bond acceptors (Lipinski definition) is 5. The molecule has 1 amide bonds. The van der Waals surface area contributed by atoms with E-state index in [0.29, 0.717) is 6.54 Å². The number of piperidine rings is 1. The summed E-state index contributed by atoms with van der Waals surface area (Å²) < 4.78 is 29.7. The Bertz CT molecular complexity index is 851. The Morgan fingerprint density at radius 1 is 1.03 bits per heavy atom. The molecule has 7 heteroatoms. The maximum Gasteiger partial charge on any atom is 0.414 e. The van der Waals surface area contributed by atoms with Crippen molar-refractivity contribution < 1.29 is 23.4 Å². The van der Waals surface area contributed by atoms with Gasteiger partial charge in [-0.05, 0) is 80.8 Å². The van der Waals surface area contributed by atoms with Crippen LogP contribution in [0.5, 0.6) is 11.5 Å². The molecule has 2 heterocycles. The molecule has 2 aromatic rings. The predicted molar refractivity (Wildman–Crippen MR) is 116 cm³/mol. The van der Waals surface area contributed by atoms with Gasteiger partial charge in [-0.1, -0.05) is 0 Å². The Morgan fingerprint density at radius 3 is 2.39 bits per heavy atom. The lowest BCUT2D eigenvalue weighted by Gasteiger charge is -2.32. The summed E-state index contributed by atoms with van der Waals surface area (Å²) in [6.45, 7) is 3.53. The summed E-state index contributed by atoms with van der Waals surface area (Å²) in [6.07, 6.45) is 3.57. The van der Waals surface area contributed by atoms with E-state index < -0.39 is 0 Å². The quantitative estimate of drug-likeness (QED) is 0.620. The predicted octanol–water partition coefficient (Wildman–Crippen LogP) is 4.48. The van der Waals surface area contributed by atoms with Gasteiger partial charge < -0.3 is 19.1 Å². The molecule has 2 aromatic carbocycles. The molecule has 0 aromatic heterocycles. The SMILES string of the molecule is COc1ccc(N2CC(CCCN3CCC(Oc4ccc(F)cc4)CC3)OC2=O)cc1. The Hall–Kier alpha value is -2.80. The lowest BCUT2D eigenvalue weighted by Crippen LogP contribution is -2.39. The van der Waals surface area contributed by atoms with Crippen LogP contribution in [0.2, 0.25) is 0 Å². The van der Waals surface area contributed by atoms with E-state index >= 15 is 0 Å². The fourth-order valence-corrected chi connectivity index (χ4v) is 4.14. The van der Waals surface area contributed by atoms with Crippen LogP contribution in [0.15, 0.2) is 48.5 Å². The topological polar surface area (TPSA) is 51.2 Å². The molecule has 2 saturated heterocycles. The number of benzene rings is 2. The van der Waals surface area contributed by atoms with Crippen LogP contribution in [-0.4, -0.2) is 56.5 Å². The zero-order chi connectivity index (χ0) is 21.6. The van der Waals surface area contributed by atoms with Gasteiger partial charge in [0.05, 0.1) is 13.7 Å². The Morgan fingerprint density at radius 2 is 1.71 bits per heavy atom. The van der Waals surface area contributed by atoms with Crippen molar-refractivity contribution in [1.82, 2.24) is 4.90 Å². The van der Waals surface area contributed by atoms with Crippen LogP contribution in [0.3, 0.4) is 0 Å². The number of carbonyl (C=O) groups is 1. The van der Waals surface area contributed by atoms with Crippen molar-refractivity contribution in [3.05, 3.63) is 54.3 Å². The molecule has 2 fully saturated rings. The molecule has 0 spiro atoms. The van der Waals surface area contributed by atoms with Crippen molar-refractivity contribution in [2.45, 2.75) is 37.9 Å². The molecule has 166 valence electrons. The van der Waals surface area contributed by atoms with Crippen molar-refractivity contribution in [3.63, 3.8) is 0 Å². The zero-order valence-electron chi connectivity index (χ0n) is 17.8. The van der Waals surface area contributed by atoms with Gasteiger partial charge in [0.25, 0.3) is 0 Å². The van der Waals surface area contributed by atoms with Crippen LogP contribution < -0.4 is 14.4 Å². The minimum Gasteiger partial charge on any atom is -0.497 e. The number of rotatable bonds is 8. The van der Waals surface area contributed by atoms with Crippen LogP contribution in [-0.2, 0) is 4.74 Å². The first-order valence-corrected chi connectivity index (χ1v) is 10.9. The van der Waals surface area contributed by atoms with Crippen molar-refractivity contribution in [2.75, 3.05) is 38.2 Å². The van der Waals surface area contributed by atoms with Gasteiger partial charge in [0.15, 0.2) is 0 Å². The van der Waals surface area contributed by atoms with Gasteiger partial charge in [0, 0.05) is 18.8 Å². The van der Waals surface area contributed by atoms with E-state index in [4.69, 9.17) is 14.2 Å². The van der Waals surface area contributed by atoms with Gasteiger partial charge in [0.2, 0.25) is 0 Å². The molecule has 4 rings (SSSR count). The van der Waals surface area contributed by atoms with Gasteiger partial charge in [0.1, 0.15) is 29.5 Å². The number of likely N-dealkylation sites (tertiary alicyclic amines) is 1. The van der Waals surface area contributed by atoms with E-state index in [-0.39, 0.29) is 24.1 Å². The standard InChI is InChI=1S/C24H29FN2O4/c1-29-20-10-6-19(7-11-20)27-17-23(31-24(27)28)3-2-14-26-15-12-22(13-16-26)30-21-8-4-18(25)5-9-21/h4-11,22-23H,2-3,12-17H2,1H3. The summed E-state index contributed by atoms with van der Waals surface area (Å²) in [4.78, 5) is 16.4. The zero-order valence-corrected chi connectivity index (χ0v) is 17.8. The van der Waals surface area contributed by atoms with Crippen LogP contribution in [0.1, 0.15) is 25.7 Å². The lowest BCUT2D eigenvalue weighted by atomic mass is 10.1. The van der Waals surface area contributed by atoms with E-state index in [1.807, 2.05) is 24.3 Å². The average Bonchev–Trinajstić information content (AvgIpc) is 3.17. The highest BCUT2D eigenvalue weighted by molar-refractivity contribution is 5.89. The molecular weight excluding hydrogens is 399 g/mol. The van der Waals surface area contributed by atoms with Gasteiger partial charge in [-0.3, -0.25) is 4.90 Å².